The molecule has 4 N–H and O–H groups in total. The van der Waals surface area contributed by atoms with Crippen molar-refractivity contribution in [2.45, 2.75) is 13.3 Å². The van der Waals surface area contributed by atoms with E-state index in [0.717, 1.165) is 30.3 Å². The number of pyridine rings is 2. The normalized spacial score (nSPS) is 17.6. The molecule has 1 fully saturated rings. The second kappa shape index (κ2) is 7.79. The standard InChI is InChI=1S/C19H24N6/c1-14-7-9-25(13-14)19-6-5-15(11-24-19)17(21)10-16(20)12-23-18-4-2-3-8-22-18/h2-6,8,10-11,14,21H,7,9,12-13,20H2,1H3,(H,22,23)/b16-10-,21-17?/t14-/m0/s1. The van der Waals surface area contributed by atoms with Crippen molar-refractivity contribution in [3.8, 4) is 0 Å². The van der Waals surface area contributed by atoms with Crippen molar-refractivity contribution >= 4 is 17.3 Å². The predicted molar refractivity (Wildman–Crippen MR) is 102 cm³/mol. The third-order valence-corrected chi connectivity index (χ3v) is 4.28. The topological polar surface area (TPSA) is 90.9 Å². The van der Waals surface area contributed by atoms with Gasteiger partial charge in [0.05, 0.1) is 12.3 Å². The van der Waals surface area contributed by atoms with Crippen LogP contribution in [0.15, 0.2) is 54.5 Å². The van der Waals surface area contributed by atoms with Gasteiger partial charge in [0.25, 0.3) is 0 Å². The lowest BCUT2D eigenvalue weighted by Gasteiger charge is -2.16. The van der Waals surface area contributed by atoms with Gasteiger partial charge in [-0.2, -0.15) is 0 Å². The molecular formula is C19H24N6. The maximum Gasteiger partial charge on any atom is 0.128 e. The Balaban J connectivity index is 1.58. The molecule has 2 aromatic heterocycles. The number of hydrogen-bond donors (Lipinski definition) is 3. The van der Waals surface area contributed by atoms with Crippen LogP contribution in [0.1, 0.15) is 18.9 Å². The Morgan fingerprint density at radius 3 is 2.88 bits per heavy atom. The van der Waals surface area contributed by atoms with Crippen molar-refractivity contribution < 1.29 is 0 Å². The highest BCUT2D eigenvalue weighted by Crippen LogP contribution is 2.21. The molecule has 0 aliphatic carbocycles. The third-order valence-electron chi connectivity index (χ3n) is 4.28. The fourth-order valence-electron chi connectivity index (χ4n) is 2.86. The number of hydrogen-bond acceptors (Lipinski definition) is 6. The molecule has 2 aromatic rings. The number of allylic oxidation sites excluding steroid dienone is 1. The molecule has 1 saturated heterocycles. The van der Waals surface area contributed by atoms with Gasteiger partial charge < -0.3 is 21.4 Å². The molecule has 0 bridgehead atoms. The highest BCUT2D eigenvalue weighted by molar-refractivity contribution is 6.06. The molecule has 130 valence electrons. The first-order valence-corrected chi connectivity index (χ1v) is 8.52. The highest BCUT2D eigenvalue weighted by atomic mass is 15.2. The van der Waals surface area contributed by atoms with E-state index >= 15 is 0 Å². The lowest BCUT2D eigenvalue weighted by Crippen LogP contribution is -2.20. The van der Waals surface area contributed by atoms with E-state index in [-0.39, 0.29) is 0 Å². The minimum absolute atomic E-state index is 0.356. The molecule has 1 atom stereocenters. The number of anilines is 2. The molecule has 3 rings (SSSR count). The van der Waals surface area contributed by atoms with Crippen LogP contribution in [0.2, 0.25) is 0 Å². The quantitative estimate of drug-likeness (QED) is 0.706. The van der Waals surface area contributed by atoms with Gasteiger partial charge in [-0.3, -0.25) is 0 Å². The van der Waals surface area contributed by atoms with Gasteiger partial charge in [0.1, 0.15) is 11.6 Å². The minimum Gasteiger partial charge on any atom is -0.401 e. The van der Waals surface area contributed by atoms with E-state index in [4.69, 9.17) is 11.1 Å². The van der Waals surface area contributed by atoms with Crippen molar-refractivity contribution in [1.29, 1.82) is 5.41 Å². The van der Waals surface area contributed by atoms with Crippen LogP contribution in [0.3, 0.4) is 0 Å². The van der Waals surface area contributed by atoms with Crippen molar-refractivity contribution in [1.82, 2.24) is 9.97 Å². The minimum atomic E-state index is 0.356. The van der Waals surface area contributed by atoms with Crippen LogP contribution in [0, 0.1) is 11.3 Å². The van der Waals surface area contributed by atoms with E-state index in [1.165, 1.54) is 6.42 Å². The summed E-state index contributed by atoms with van der Waals surface area (Å²) in [6.45, 7) is 4.81. The second-order valence-corrected chi connectivity index (χ2v) is 6.45. The number of aromatic nitrogens is 2. The average molecular weight is 336 g/mol. The van der Waals surface area contributed by atoms with E-state index in [1.807, 2.05) is 30.3 Å². The Morgan fingerprint density at radius 2 is 2.24 bits per heavy atom. The molecule has 1 aliphatic heterocycles. The average Bonchev–Trinajstić information content (AvgIpc) is 3.07. The zero-order valence-electron chi connectivity index (χ0n) is 14.4. The first kappa shape index (κ1) is 17.0. The van der Waals surface area contributed by atoms with Crippen molar-refractivity contribution in [2.75, 3.05) is 29.9 Å². The van der Waals surface area contributed by atoms with Crippen LogP contribution in [0.4, 0.5) is 11.6 Å². The Morgan fingerprint density at radius 1 is 1.36 bits per heavy atom. The van der Waals surface area contributed by atoms with E-state index in [0.29, 0.717) is 23.9 Å². The Kier molecular flexibility index (Phi) is 5.28. The summed E-state index contributed by atoms with van der Waals surface area (Å²) in [5.74, 6) is 2.46. The van der Waals surface area contributed by atoms with Gasteiger partial charge in [-0.1, -0.05) is 13.0 Å². The molecule has 3 heterocycles. The Labute approximate surface area is 148 Å². The largest absolute Gasteiger partial charge is 0.401 e. The van der Waals surface area contributed by atoms with Gasteiger partial charge in [-0.25, -0.2) is 9.97 Å². The molecule has 6 heteroatoms. The molecule has 1 aliphatic rings. The van der Waals surface area contributed by atoms with Gasteiger partial charge in [0.15, 0.2) is 0 Å². The molecule has 0 radical (unpaired) electrons. The van der Waals surface area contributed by atoms with Crippen LogP contribution in [-0.2, 0) is 0 Å². The van der Waals surface area contributed by atoms with E-state index in [2.05, 4.69) is 27.1 Å². The summed E-state index contributed by atoms with van der Waals surface area (Å²) < 4.78 is 0. The Bertz CT molecular complexity index is 738. The molecular weight excluding hydrogens is 312 g/mol. The zero-order valence-corrected chi connectivity index (χ0v) is 14.4. The zero-order chi connectivity index (χ0) is 17.6. The molecule has 0 aromatic carbocycles. The summed E-state index contributed by atoms with van der Waals surface area (Å²) in [5, 5.41) is 11.3. The lowest BCUT2D eigenvalue weighted by atomic mass is 10.1. The van der Waals surface area contributed by atoms with Crippen molar-refractivity contribution in [3.05, 3.63) is 60.1 Å². The summed E-state index contributed by atoms with van der Waals surface area (Å²) >= 11 is 0. The molecule has 25 heavy (non-hydrogen) atoms. The number of nitrogens with two attached hydrogens (primary N) is 1. The monoisotopic (exact) mass is 336 g/mol. The fourth-order valence-corrected chi connectivity index (χ4v) is 2.86. The number of nitrogens with one attached hydrogen (secondary N) is 2. The van der Waals surface area contributed by atoms with Gasteiger partial charge in [0.2, 0.25) is 0 Å². The second-order valence-electron chi connectivity index (χ2n) is 6.45. The summed E-state index contributed by atoms with van der Waals surface area (Å²) in [4.78, 5) is 11.0. The van der Waals surface area contributed by atoms with E-state index in [1.54, 1.807) is 18.5 Å². The van der Waals surface area contributed by atoms with Gasteiger partial charge in [-0.05, 0) is 42.7 Å². The molecule has 0 amide bonds. The summed E-state index contributed by atoms with van der Waals surface area (Å²) in [5.41, 5.74) is 7.70. The smallest absolute Gasteiger partial charge is 0.128 e. The van der Waals surface area contributed by atoms with Gasteiger partial charge in [-0.15, -0.1) is 0 Å². The summed E-state index contributed by atoms with van der Waals surface area (Å²) in [6, 6.07) is 9.56. The van der Waals surface area contributed by atoms with Crippen LogP contribution in [0.25, 0.3) is 0 Å². The van der Waals surface area contributed by atoms with Crippen LogP contribution < -0.4 is 16.0 Å². The van der Waals surface area contributed by atoms with Crippen molar-refractivity contribution in [2.24, 2.45) is 11.7 Å². The number of nitrogens with zero attached hydrogens (tertiary/aromatic N) is 3. The van der Waals surface area contributed by atoms with Crippen LogP contribution in [0.5, 0.6) is 0 Å². The molecule has 0 spiro atoms. The highest BCUT2D eigenvalue weighted by Gasteiger charge is 2.19. The summed E-state index contributed by atoms with van der Waals surface area (Å²) in [7, 11) is 0. The SMILES string of the molecule is C[C@H]1CCN(c2ccc(C(=N)/C=C(\N)CNc3ccccn3)cn2)C1. The Hall–Kier alpha value is -2.89. The maximum atomic E-state index is 8.20. The van der Waals surface area contributed by atoms with Crippen molar-refractivity contribution in [3.63, 3.8) is 0 Å². The molecule has 6 nitrogen and oxygen atoms in total. The first-order valence-electron chi connectivity index (χ1n) is 8.52. The number of rotatable bonds is 6. The third kappa shape index (κ3) is 4.56. The van der Waals surface area contributed by atoms with Gasteiger partial charge in [0, 0.05) is 36.7 Å². The first-order chi connectivity index (χ1) is 12.1. The predicted octanol–water partition coefficient (Wildman–Crippen LogP) is 2.65. The fraction of sp³-hybridized carbons (Fsp3) is 0.316. The molecule has 0 saturated carbocycles. The van der Waals surface area contributed by atoms with E-state index < -0.39 is 0 Å². The van der Waals surface area contributed by atoms with Crippen LogP contribution >= 0.6 is 0 Å². The van der Waals surface area contributed by atoms with Crippen LogP contribution in [-0.4, -0.2) is 35.3 Å². The lowest BCUT2D eigenvalue weighted by molar-refractivity contribution is 0.659. The summed E-state index contributed by atoms with van der Waals surface area (Å²) in [6.07, 6.45) is 6.33. The molecule has 0 unspecified atom stereocenters. The maximum absolute atomic E-state index is 8.20. The van der Waals surface area contributed by atoms with E-state index in [9.17, 15) is 0 Å². The van der Waals surface area contributed by atoms with Gasteiger partial charge >= 0.3 is 0 Å².